The molecular formula is C10H8ClNO2. The maximum absolute atomic E-state index is 11.0. The van der Waals surface area contributed by atoms with Crippen LogP contribution in [0.4, 0.5) is 0 Å². The molecule has 0 aliphatic heterocycles. The van der Waals surface area contributed by atoms with Crippen molar-refractivity contribution >= 4 is 22.5 Å². The molecule has 0 saturated carbocycles. The Morgan fingerprint density at radius 3 is 2.79 bits per heavy atom. The van der Waals surface area contributed by atoms with Crippen LogP contribution in [0.1, 0.15) is 5.56 Å². The van der Waals surface area contributed by atoms with E-state index in [1.54, 1.807) is 12.1 Å². The van der Waals surface area contributed by atoms with Crippen molar-refractivity contribution in [2.75, 3.05) is 0 Å². The fourth-order valence-electron chi connectivity index (χ4n) is 1.37. The summed E-state index contributed by atoms with van der Waals surface area (Å²) in [5.74, 6) is -0.0245. The third kappa shape index (κ3) is 1.36. The Balaban J connectivity index is 2.96. The van der Waals surface area contributed by atoms with Gasteiger partial charge in [0, 0.05) is 16.5 Å². The van der Waals surface area contributed by atoms with Gasteiger partial charge in [-0.25, -0.2) is 0 Å². The number of H-pyrrole nitrogens is 1. The first-order valence-corrected chi connectivity index (χ1v) is 4.48. The van der Waals surface area contributed by atoms with E-state index in [4.69, 9.17) is 11.6 Å². The molecule has 14 heavy (non-hydrogen) atoms. The van der Waals surface area contributed by atoms with Gasteiger partial charge in [-0.3, -0.25) is 4.79 Å². The molecule has 0 saturated heterocycles. The summed E-state index contributed by atoms with van der Waals surface area (Å²) in [7, 11) is 0. The minimum absolute atomic E-state index is 0.0245. The summed E-state index contributed by atoms with van der Waals surface area (Å²) in [5, 5.41) is 10.7. The van der Waals surface area contributed by atoms with Gasteiger partial charge in [-0.05, 0) is 24.6 Å². The molecule has 2 N–H and O–H groups in total. The molecule has 0 bridgehead atoms. The smallest absolute Gasteiger partial charge is 0.252 e. The van der Waals surface area contributed by atoms with Crippen LogP contribution in [0.25, 0.3) is 10.9 Å². The van der Waals surface area contributed by atoms with Crippen molar-refractivity contribution in [1.82, 2.24) is 4.98 Å². The minimum atomic E-state index is -0.338. The molecule has 1 aromatic carbocycles. The number of hydrogen-bond donors (Lipinski definition) is 2. The molecule has 0 aliphatic rings. The molecule has 72 valence electrons. The Bertz CT molecular complexity index is 560. The highest BCUT2D eigenvalue weighted by atomic mass is 35.5. The fourth-order valence-corrected chi connectivity index (χ4v) is 1.53. The van der Waals surface area contributed by atoms with Crippen molar-refractivity contribution in [3.8, 4) is 5.75 Å². The molecule has 0 fully saturated rings. The summed E-state index contributed by atoms with van der Waals surface area (Å²) >= 11 is 5.89. The van der Waals surface area contributed by atoms with Crippen LogP contribution >= 0.6 is 11.6 Å². The minimum Gasteiger partial charge on any atom is -0.507 e. The third-order valence-electron chi connectivity index (χ3n) is 2.10. The van der Waals surface area contributed by atoms with Crippen molar-refractivity contribution in [2.24, 2.45) is 0 Å². The summed E-state index contributed by atoms with van der Waals surface area (Å²) in [6, 6.07) is 4.52. The molecule has 0 aliphatic carbocycles. The largest absolute Gasteiger partial charge is 0.507 e. The molecule has 3 nitrogen and oxygen atoms in total. The molecule has 0 unspecified atom stereocenters. The van der Waals surface area contributed by atoms with Gasteiger partial charge in [0.25, 0.3) is 5.56 Å². The fraction of sp³-hybridized carbons (Fsp3) is 0.100. The van der Waals surface area contributed by atoms with Crippen molar-refractivity contribution in [2.45, 2.75) is 6.92 Å². The van der Waals surface area contributed by atoms with Crippen LogP contribution in [0, 0.1) is 6.92 Å². The maximum atomic E-state index is 11.0. The second-order valence-electron chi connectivity index (χ2n) is 3.17. The highest BCUT2D eigenvalue weighted by Gasteiger charge is 2.04. The maximum Gasteiger partial charge on any atom is 0.252 e. The SMILES string of the molecule is Cc1cc2c(O)cc(=O)[nH]c2cc1Cl. The predicted molar refractivity (Wildman–Crippen MR) is 56.0 cm³/mol. The lowest BCUT2D eigenvalue weighted by Crippen LogP contribution is -2.03. The Morgan fingerprint density at radius 2 is 2.07 bits per heavy atom. The number of benzene rings is 1. The lowest BCUT2D eigenvalue weighted by molar-refractivity contribution is 0.480. The van der Waals surface area contributed by atoms with Gasteiger partial charge in [0.2, 0.25) is 0 Å². The van der Waals surface area contributed by atoms with Crippen LogP contribution in [0.15, 0.2) is 23.0 Å². The highest BCUT2D eigenvalue weighted by Crippen LogP contribution is 2.26. The molecule has 2 aromatic rings. The van der Waals surface area contributed by atoms with Gasteiger partial charge in [0.1, 0.15) is 5.75 Å². The number of aromatic nitrogens is 1. The first-order chi connectivity index (χ1) is 6.58. The van der Waals surface area contributed by atoms with E-state index < -0.39 is 0 Å². The molecule has 4 heteroatoms. The number of rotatable bonds is 0. The van der Waals surface area contributed by atoms with E-state index in [9.17, 15) is 9.90 Å². The Labute approximate surface area is 85.0 Å². The number of aromatic amines is 1. The monoisotopic (exact) mass is 209 g/mol. The summed E-state index contributed by atoms with van der Waals surface area (Å²) in [5.41, 5.74) is 1.07. The van der Waals surface area contributed by atoms with E-state index in [1.165, 1.54) is 0 Å². The lowest BCUT2D eigenvalue weighted by Gasteiger charge is -2.03. The van der Waals surface area contributed by atoms with Gasteiger partial charge in [0.05, 0.1) is 5.52 Å². The number of aromatic hydroxyl groups is 1. The molecule has 2 rings (SSSR count). The first kappa shape index (κ1) is 9.09. The molecule has 0 radical (unpaired) electrons. The van der Waals surface area contributed by atoms with Crippen molar-refractivity contribution < 1.29 is 5.11 Å². The standard InChI is InChI=1S/C10H8ClNO2/c1-5-2-6-8(3-7(5)11)12-10(14)4-9(6)13/h2-4H,1H3,(H2,12,13,14). The zero-order valence-corrected chi connectivity index (χ0v) is 8.22. The van der Waals surface area contributed by atoms with Crippen LogP contribution < -0.4 is 5.56 Å². The second-order valence-corrected chi connectivity index (χ2v) is 3.57. The Hall–Kier alpha value is -1.48. The molecule has 1 aromatic heterocycles. The van der Waals surface area contributed by atoms with E-state index in [-0.39, 0.29) is 11.3 Å². The number of aryl methyl sites for hydroxylation is 1. The van der Waals surface area contributed by atoms with Crippen LogP contribution in [-0.4, -0.2) is 10.1 Å². The Morgan fingerprint density at radius 1 is 1.36 bits per heavy atom. The number of halogens is 1. The van der Waals surface area contributed by atoms with Gasteiger partial charge >= 0.3 is 0 Å². The zero-order valence-electron chi connectivity index (χ0n) is 7.47. The molecular weight excluding hydrogens is 202 g/mol. The van der Waals surface area contributed by atoms with Crippen molar-refractivity contribution in [1.29, 1.82) is 0 Å². The molecule has 1 heterocycles. The summed E-state index contributed by atoms with van der Waals surface area (Å²) < 4.78 is 0. The van der Waals surface area contributed by atoms with E-state index in [2.05, 4.69) is 4.98 Å². The van der Waals surface area contributed by atoms with Crippen molar-refractivity contribution in [3.63, 3.8) is 0 Å². The van der Waals surface area contributed by atoms with E-state index in [0.29, 0.717) is 15.9 Å². The molecule has 0 spiro atoms. The summed E-state index contributed by atoms with van der Waals surface area (Å²) in [4.78, 5) is 13.6. The van der Waals surface area contributed by atoms with E-state index in [1.807, 2.05) is 6.92 Å². The lowest BCUT2D eigenvalue weighted by atomic mass is 10.1. The Kier molecular flexibility index (Phi) is 1.97. The first-order valence-electron chi connectivity index (χ1n) is 4.10. The average Bonchev–Trinajstić information content (AvgIpc) is 2.08. The van der Waals surface area contributed by atoms with Crippen LogP contribution in [-0.2, 0) is 0 Å². The topological polar surface area (TPSA) is 53.1 Å². The zero-order chi connectivity index (χ0) is 10.3. The quantitative estimate of drug-likeness (QED) is 0.699. The van der Waals surface area contributed by atoms with E-state index >= 15 is 0 Å². The normalized spacial score (nSPS) is 10.7. The number of fused-ring (bicyclic) bond motifs is 1. The van der Waals surface area contributed by atoms with Gasteiger partial charge in [-0.15, -0.1) is 0 Å². The van der Waals surface area contributed by atoms with Crippen molar-refractivity contribution in [3.05, 3.63) is 39.1 Å². The van der Waals surface area contributed by atoms with Gasteiger partial charge in [-0.2, -0.15) is 0 Å². The average molecular weight is 210 g/mol. The van der Waals surface area contributed by atoms with E-state index in [0.717, 1.165) is 11.6 Å². The van der Waals surface area contributed by atoms with Crippen LogP contribution in [0.2, 0.25) is 5.02 Å². The summed E-state index contributed by atoms with van der Waals surface area (Å²) in [6.45, 7) is 1.84. The molecule has 0 atom stereocenters. The van der Waals surface area contributed by atoms with Gasteiger partial charge in [0.15, 0.2) is 0 Å². The third-order valence-corrected chi connectivity index (χ3v) is 2.51. The predicted octanol–water partition coefficient (Wildman–Crippen LogP) is 2.20. The number of nitrogens with one attached hydrogen (secondary N) is 1. The molecule has 0 amide bonds. The van der Waals surface area contributed by atoms with Gasteiger partial charge in [-0.1, -0.05) is 11.6 Å². The number of pyridine rings is 1. The number of hydrogen-bond acceptors (Lipinski definition) is 2. The second kappa shape index (κ2) is 3.03. The highest BCUT2D eigenvalue weighted by molar-refractivity contribution is 6.32. The van der Waals surface area contributed by atoms with Crippen LogP contribution in [0.5, 0.6) is 5.75 Å². The van der Waals surface area contributed by atoms with Gasteiger partial charge < -0.3 is 10.1 Å². The van der Waals surface area contributed by atoms with Crippen LogP contribution in [0.3, 0.4) is 0 Å². The summed E-state index contributed by atoms with van der Waals surface area (Å²) in [6.07, 6.45) is 0.